The summed E-state index contributed by atoms with van der Waals surface area (Å²) in [5.41, 5.74) is 1.85. The van der Waals surface area contributed by atoms with Gasteiger partial charge in [-0.05, 0) is 25.0 Å². The second kappa shape index (κ2) is 7.13. The zero-order valence-electron chi connectivity index (χ0n) is 11.2. The van der Waals surface area contributed by atoms with Crippen molar-refractivity contribution in [1.29, 1.82) is 0 Å². The van der Waals surface area contributed by atoms with Gasteiger partial charge < -0.3 is 15.1 Å². The molecule has 2 rings (SSSR count). The molecular weight excluding hydrogens is 262 g/mol. The average Bonchev–Trinajstić information content (AvgIpc) is 2.45. The molecule has 1 fully saturated rings. The molecule has 3 nitrogen and oxygen atoms in total. The maximum absolute atomic E-state index is 9.49. The number of aliphatic hydroxyl groups is 2. The van der Waals surface area contributed by atoms with Crippen molar-refractivity contribution < 1.29 is 10.2 Å². The molecule has 1 saturated carbocycles. The minimum atomic E-state index is 0.00114. The van der Waals surface area contributed by atoms with Crippen LogP contribution in [0.1, 0.15) is 37.7 Å². The summed E-state index contributed by atoms with van der Waals surface area (Å²) in [6.07, 6.45) is 6.07. The van der Waals surface area contributed by atoms with E-state index in [4.69, 9.17) is 11.6 Å². The third kappa shape index (κ3) is 3.62. The smallest absolute Gasteiger partial charge is 0.0702 e. The first-order chi connectivity index (χ1) is 9.26. The number of halogens is 1. The fourth-order valence-electron chi connectivity index (χ4n) is 2.94. The van der Waals surface area contributed by atoms with E-state index < -0.39 is 0 Å². The quantitative estimate of drug-likeness (QED) is 0.873. The van der Waals surface area contributed by atoms with Gasteiger partial charge in [0, 0.05) is 28.9 Å². The van der Waals surface area contributed by atoms with E-state index in [0.29, 0.717) is 17.6 Å². The normalized spacial score (nSPS) is 16.6. The Morgan fingerprint density at radius 3 is 2.53 bits per heavy atom. The standard InChI is InChI=1S/C15H22ClNO2/c16-13-7-6-12(11-19)15(10-13)17(8-9-18)14-4-2-1-3-5-14/h6-7,10,14,18-19H,1-5,8-9,11H2. The number of aliphatic hydroxyl groups excluding tert-OH is 2. The Bertz CT molecular complexity index is 405. The SMILES string of the molecule is OCCN(c1cc(Cl)ccc1CO)C1CCCCC1. The van der Waals surface area contributed by atoms with E-state index in [1.54, 1.807) is 6.07 Å². The summed E-state index contributed by atoms with van der Waals surface area (Å²) in [6.45, 7) is 0.715. The summed E-state index contributed by atoms with van der Waals surface area (Å²) in [4.78, 5) is 2.22. The van der Waals surface area contributed by atoms with E-state index in [1.165, 1.54) is 19.3 Å². The molecule has 0 saturated heterocycles. The summed E-state index contributed by atoms with van der Waals surface area (Å²) >= 11 is 6.09. The van der Waals surface area contributed by atoms with Gasteiger partial charge in [0.25, 0.3) is 0 Å². The highest BCUT2D eigenvalue weighted by Crippen LogP contribution is 2.31. The molecule has 0 bridgehead atoms. The van der Waals surface area contributed by atoms with Gasteiger partial charge in [-0.15, -0.1) is 0 Å². The van der Waals surface area contributed by atoms with Crippen LogP contribution in [0.25, 0.3) is 0 Å². The Morgan fingerprint density at radius 1 is 1.16 bits per heavy atom. The van der Waals surface area contributed by atoms with Gasteiger partial charge >= 0.3 is 0 Å². The van der Waals surface area contributed by atoms with Crippen LogP contribution in [0.3, 0.4) is 0 Å². The highest BCUT2D eigenvalue weighted by Gasteiger charge is 2.22. The first kappa shape index (κ1) is 14.6. The van der Waals surface area contributed by atoms with Crippen molar-refractivity contribution in [2.45, 2.75) is 44.8 Å². The number of benzene rings is 1. The fourth-order valence-corrected chi connectivity index (χ4v) is 3.10. The van der Waals surface area contributed by atoms with E-state index in [9.17, 15) is 10.2 Å². The number of hydrogen-bond acceptors (Lipinski definition) is 3. The molecule has 0 amide bonds. The Kier molecular flexibility index (Phi) is 5.49. The van der Waals surface area contributed by atoms with Crippen LogP contribution in [0, 0.1) is 0 Å². The predicted octanol–water partition coefficient (Wildman–Crippen LogP) is 2.96. The van der Waals surface area contributed by atoms with E-state index >= 15 is 0 Å². The van der Waals surface area contributed by atoms with Gasteiger partial charge in [0.1, 0.15) is 0 Å². The molecule has 1 aromatic rings. The molecule has 2 N–H and O–H groups in total. The van der Waals surface area contributed by atoms with Crippen LogP contribution in [0.2, 0.25) is 5.02 Å². The fraction of sp³-hybridized carbons (Fsp3) is 0.600. The zero-order valence-corrected chi connectivity index (χ0v) is 11.9. The maximum Gasteiger partial charge on any atom is 0.0702 e. The Hall–Kier alpha value is -0.770. The third-order valence-corrected chi connectivity index (χ3v) is 4.12. The van der Waals surface area contributed by atoms with Crippen LogP contribution < -0.4 is 4.90 Å². The van der Waals surface area contributed by atoms with Gasteiger partial charge in [0.05, 0.1) is 13.2 Å². The van der Waals surface area contributed by atoms with Crippen molar-refractivity contribution in [3.8, 4) is 0 Å². The van der Waals surface area contributed by atoms with Gasteiger partial charge in [-0.1, -0.05) is 36.9 Å². The van der Waals surface area contributed by atoms with Crippen LogP contribution in [-0.2, 0) is 6.61 Å². The molecule has 1 aliphatic carbocycles. The predicted molar refractivity (Wildman–Crippen MR) is 78.7 cm³/mol. The number of nitrogens with zero attached hydrogens (tertiary/aromatic N) is 1. The topological polar surface area (TPSA) is 43.7 Å². The molecule has 4 heteroatoms. The lowest BCUT2D eigenvalue weighted by molar-refractivity contribution is 0.277. The summed E-state index contributed by atoms with van der Waals surface area (Å²) in [5, 5.41) is 19.5. The van der Waals surface area contributed by atoms with Crippen molar-refractivity contribution in [2.75, 3.05) is 18.1 Å². The second-order valence-corrected chi connectivity index (χ2v) is 5.58. The molecule has 0 aromatic heterocycles. The number of hydrogen-bond donors (Lipinski definition) is 2. The largest absolute Gasteiger partial charge is 0.395 e. The molecule has 1 aromatic carbocycles. The van der Waals surface area contributed by atoms with Crippen molar-refractivity contribution in [3.05, 3.63) is 28.8 Å². The van der Waals surface area contributed by atoms with E-state index in [0.717, 1.165) is 24.1 Å². The molecule has 0 radical (unpaired) electrons. The van der Waals surface area contributed by atoms with E-state index in [-0.39, 0.29) is 13.2 Å². The van der Waals surface area contributed by atoms with Crippen LogP contribution in [0.4, 0.5) is 5.69 Å². The van der Waals surface area contributed by atoms with Gasteiger partial charge in [0.15, 0.2) is 0 Å². The van der Waals surface area contributed by atoms with E-state index in [1.807, 2.05) is 12.1 Å². The summed E-state index contributed by atoms with van der Waals surface area (Å²) in [7, 11) is 0. The zero-order chi connectivity index (χ0) is 13.7. The van der Waals surface area contributed by atoms with Gasteiger partial charge in [-0.2, -0.15) is 0 Å². The Morgan fingerprint density at radius 2 is 1.89 bits per heavy atom. The third-order valence-electron chi connectivity index (χ3n) is 3.88. The maximum atomic E-state index is 9.49. The molecular formula is C15H22ClNO2. The van der Waals surface area contributed by atoms with Crippen LogP contribution >= 0.6 is 11.6 Å². The minimum absolute atomic E-state index is 0.00114. The van der Waals surface area contributed by atoms with Gasteiger partial charge in [-0.3, -0.25) is 0 Å². The Balaban J connectivity index is 2.28. The lowest BCUT2D eigenvalue weighted by atomic mass is 9.93. The highest BCUT2D eigenvalue weighted by molar-refractivity contribution is 6.30. The molecule has 0 spiro atoms. The first-order valence-corrected chi connectivity index (χ1v) is 7.41. The van der Waals surface area contributed by atoms with Crippen molar-refractivity contribution in [3.63, 3.8) is 0 Å². The molecule has 0 heterocycles. The van der Waals surface area contributed by atoms with Gasteiger partial charge in [0.2, 0.25) is 0 Å². The number of anilines is 1. The summed E-state index contributed by atoms with van der Waals surface area (Å²) in [5.74, 6) is 0. The number of rotatable bonds is 5. The summed E-state index contributed by atoms with van der Waals surface area (Å²) in [6, 6.07) is 6.02. The first-order valence-electron chi connectivity index (χ1n) is 7.03. The average molecular weight is 284 g/mol. The molecule has 1 aliphatic rings. The molecule has 19 heavy (non-hydrogen) atoms. The molecule has 0 atom stereocenters. The summed E-state index contributed by atoms with van der Waals surface area (Å²) < 4.78 is 0. The van der Waals surface area contributed by atoms with Crippen molar-refractivity contribution in [2.24, 2.45) is 0 Å². The van der Waals surface area contributed by atoms with Gasteiger partial charge in [-0.25, -0.2) is 0 Å². The molecule has 106 valence electrons. The molecule has 0 unspecified atom stereocenters. The minimum Gasteiger partial charge on any atom is -0.395 e. The van der Waals surface area contributed by atoms with E-state index in [2.05, 4.69) is 4.90 Å². The Labute approximate surface area is 119 Å². The second-order valence-electron chi connectivity index (χ2n) is 5.14. The van der Waals surface area contributed by atoms with Crippen LogP contribution in [0.5, 0.6) is 0 Å². The molecule has 0 aliphatic heterocycles. The lowest BCUT2D eigenvalue weighted by Crippen LogP contribution is -2.39. The van der Waals surface area contributed by atoms with Crippen molar-refractivity contribution in [1.82, 2.24) is 0 Å². The van der Waals surface area contributed by atoms with Crippen LogP contribution in [-0.4, -0.2) is 29.4 Å². The van der Waals surface area contributed by atoms with Crippen LogP contribution in [0.15, 0.2) is 18.2 Å². The monoisotopic (exact) mass is 283 g/mol. The highest BCUT2D eigenvalue weighted by atomic mass is 35.5. The van der Waals surface area contributed by atoms with Crippen molar-refractivity contribution >= 4 is 17.3 Å². The lowest BCUT2D eigenvalue weighted by Gasteiger charge is -2.37.